The van der Waals surface area contributed by atoms with Gasteiger partial charge in [-0.05, 0) is 54.4 Å². The monoisotopic (exact) mass is 592 g/mol. The lowest BCUT2D eigenvalue weighted by Gasteiger charge is -2.27. The Balaban J connectivity index is 1.30. The summed E-state index contributed by atoms with van der Waals surface area (Å²) >= 11 is 0. The Morgan fingerprint density at radius 3 is 2.59 bits per heavy atom. The summed E-state index contributed by atoms with van der Waals surface area (Å²) in [5.41, 5.74) is 7.94. The third kappa shape index (κ3) is 6.03. The molecule has 226 valence electrons. The van der Waals surface area contributed by atoms with Crippen LogP contribution in [-0.4, -0.2) is 50.2 Å². The minimum absolute atomic E-state index is 0.0795. The summed E-state index contributed by atoms with van der Waals surface area (Å²) in [5, 5.41) is 33.2. The lowest BCUT2D eigenvalue weighted by atomic mass is 9.82. The van der Waals surface area contributed by atoms with Gasteiger partial charge in [-0.1, -0.05) is 60.7 Å². The summed E-state index contributed by atoms with van der Waals surface area (Å²) in [4.78, 5) is 28.0. The van der Waals surface area contributed by atoms with Gasteiger partial charge in [-0.2, -0.15) is 0 Å². The van der Waals surface area contributed by atoms with Gasteiger partial charge in [-0.15, -0.1) is 11.7 Å². The number of carbonyl (C=O) groups excluding carboxylic acids is 2. The molecule has 10 nitrogen and oxygen atoms in total. The van der Waals surface area contributed by atoms with Crippen molar-refractivity contribution in [1.29, 1.82) is 0 Å². The van der Waals surface area contributed by atoms with Crippen LogP contribution in [0.4, 0.5) is 17.1 Å². The molecule has 3 aromatic carbocycles. The molecular formula is C34H36N6O4. The van der Waals surface area contributed by atoms with Gasteiger partial charge in [0.2, 0.25) is 0 Å². The SMILES string of the molecule is C=CCN1C(=O)[C@](O)([C@H](C)/C=C/CCn2cc(C(CO)c3ccccc3)nn2)c2cc(NC(=O)c3ccc(N)cc3)ccc21. The number of fused-ring (bicyclic) bond motifs is 1. The van der Waals surface area contributed by atoms with Crippen molar-refractivity contribution in [3.8, 4) is 0 Å². The minimum atomic E-state index is -1.85. The third-order valence-corrected chi connectivity index (χ3v) is 7.92. The molecule has 1 unspecified atom stereocenters. The van der Waals surface area contributed by atoms with E-state index in [1.807, 2.05) is 48.7 Å². The van der Waals surface area contributed by atoms with Gasteiger partial charge in [0, 0.05) is 47.7 Å². The van der Waals surface area contributed by atoms with Crippen LogP contribution in [0.3, 0.4) is 0 Å². The van der Waals surface area contributed by atoms with Gasteiger partial charge in [-0.3, -0.25) is 14.3 Å². The average molecular weight is 593 g/mol. The van der Waals surface area contributed by atoms with E-state index in [1.54, 1.807) is 60.1 Å². The number of carbonyl (C=O) groups is 2. The van der Waals surface area contributed by atoms with Crippen LogP contribution in [0, 0.1) is 5.92 Å². The van der Waals surface area contributed by atoms with Crippen molar-refractivity contribution in [2.75, 3.05) is 29.1 Å². The number of aliphatic hydroxyl groups excluding tert-OH is 1. The Bertz CT molecular complexity index is 1670. The smallest absolute Gasteiger partial charge is 0.264 e. The number of aryl methyl sites for hydroxylation is 1. The second-order valence-electron chi connectivity index (χ2n) is 10.8. The minimum Gasteiger partial charge on any atom is -0.399 e. The summed E-state index contributed by atoms with van der Waals surface area (Å²) in [5.74, 6) is -1.64. The molecule has 0 spiro atoms. The summed E-state index contributed by atoms with van der Waals surface area (Å²) < 4.78 is 1.71. The molecule has 0 fully saturated rings. The number of nitrogens with zero attached hydrogens (tertiary/aromatic N) is 4. The maximum atomic E-state index is 13.6. The Kier molecular flexibility index (Phi) is 9.03. The Morgan fingerprint density at radius 2 is 1.89 bits per heavy atom. The van der Waals surface area contributed by atoms with E-state index >= 15 is 0 Å². The molecule has 1 aromatic heterocycles. The Labute approximate surface area is 256 Å². The van der Waals surface area contributed by atoms with Crippen molar-refractivity contribution in [2.45, 2.75) is 31.4 Å². The summed E-state index contributed by atoms with van der Waals surface area (Å²) in [6.07, 6.45) is 7.73. The number of rotatable bonds is 12. The van der Waals surface area contributed by atoms with Crippen LogP contribution in [0.15, 0.2) is 104 Å². The highest BCUT2D eigenvalue weighted by Crippen LogP contribution is 2.46. The first-order valence-electron chi connectivity index (χ1n) is 14.5. The molecule has 5 N–H and O–H groups in total. The van der Waals surface area contributed by atoms with Crippen LogP contribution >= 0.6 is 0 Å². The zero-order chi connectivity index (χ0) is 31.3. The van der Waals surface area contributed by atoms with Crippen molar-refractivity contribution < 1.29 is 19.8 Å². The van der Waals surface area contributed by atoms with Gasteiger partial charge in [-0.25, -0.2) is 0 Å². The number of anilines is 3. The van der Waals surface area contributed by atoms with E-state index in [-0.39, 0.29) is 25.0 Å². The molecule has 0 saturated heterocycles. The summed E-state index contributed by atoms with van der Waals surface area (Å²) in [6.45, 7) is 6.22. The largest absolute Gasteiger partial charge is 0.399 e. The molecule has 44 heavy (non-hydrogen) atoms. The van der Waals surface area contributed by atoms with Crippen LogP contribution < -0.4 is 16.0 Å². The van der Waals surface area contributed by atoms with Crippen LogP contribution in [0.5, 0.6) is 0 Å². The van der Waals surface area contributed by atoms with Gasteiger partial charge < -0.3 is 26.2 Å². The molecule has 4 aromatic rings. The highest BCUT2D eigenvalue weighted by atomic mass is 16.3. The van der Waals surface area contributed by atoms with E-state index < -0.39 is 17.4 Å². The van der Waals surface area contributed by atoms with Crippen molar-refractivity contribution in [1.82, 2.24) is 15.0 Å². The normalized spacial score (nSPS) is 17.4. The fraction of sp³-hybridized carbons (Fsp3) is 0.235. The lowest BCUT2D eigenvalue weighted by Crippen LogP contribution is -2.44. The van der Waals surface area contributed by atoms with Crippen molar-refractivity contribution >= 4 is 28.9 Å². The third-order valence-electron chi connectivity index (χ3n) is 7.92. The van der Waals surface area contributed by atoms with Gasteiger partial charge in [0.1, 0.15) is 0 Å². The number of nitrogen functional groups attached to an aromatic ring is 1. The maximum absolute atomic E-state index is 13.6. The average Bonchev–Trinajstić information content (AvgIpc) is 3.58. The first-order chi connectivity index (χ1) is 21.3. The van der Waals surface area contributed by atoms with Crippen LogP contribution in [0.2, 0.25) is 0 Å². The number of nitrogens with two attached hydrogens (primary N) is 1. The maximum Gasteiger partial charge on any atom is 0.264 e. The van der Waals surface area contributed by atoms with Gasteiger partial charge in [0.15, 0.2) is 5.60 Å². The second kappa shape index (κ2) is 13.1. The number of hydrogen-bond acceptors (Lipinski definition) is 7. The molecule has 10 heteroatoms. The van der Waals surface area contributed by atoms with E-state index in [1.165, 1.54) is 4.90 Å². The highest BCUT2D eigenvalue weighted by Gasteiger charge is 2.52. The quantitative estimate of drug-likeness (QED) is 0.142. The first kappa shape index (κ1) is 30.4. The van der Waals surface area contributed by atoms with Crippen molar-refractivity contribution in [3.05, 3.63) is 126 Å². The predicted octanol–water partition coefficient (Wildman–Crippen LogP) is 4.24. The van der Waals surface area contributed by atoms with E-state index in [0.717, 1.165) is 5.56 Å². The molecule has 2 amide bonds. The zero-order valence-corrected chi connectivity index (χ0v) is 24.5. The lowest BCUT2D eigenvalue weighted by molar-refractivity contribution is -0.139. The summed E-state index contributed by atoms with van der Waals surface area (Å²) in [6, 6.07) is 21.3. The predicted molar refractivity (Wildman–Crippen MR) is 170 cm³/mol. The van der Waals surface area contributed by atoms with E-state index in [2.05, 4.69) is 22.2 Å². The van der Waals surface area contributed by atoms with E-state index in [0.29, 0.717) is 46.8 Å². The highest BCUT2D eigenvalue weighted by molar-refractivity contribution is 6.09. The van der Waals surface area contributed by atoms with Crippen molar-refractivity contribution in [2.24, 2.45) is 5.92 Å². The Hall–Kier alpha value is -5.06. The number of amides is 2. The van der Waals surface area contributed by atoms with Gasteiger partial charge in [0.05, 0.1) is 23.9 Å². The number of nitrogens with one attached hydrogen (secondary N) is 1. The first-order valence-corrected chi connectivity index (χ1v) is 14.5. The fourth-order valence-corrected chi connectivity index (χ4v) is 5.46. The molecule has 3 atom stereocenters. The van der Waals surface area contributed by atoms with Crippen LogP contribution in [0.25, 0.3) is 0 Å². The van der Waals surface area contributed by atoms with Crippen LogP contribution in [0.1, 0.15) is 46.4 Å². The molecule has 0 aliphatic carbocycles. The molecule has 0 bridgehead atoms. The molecule has 0 radical (unpaired) electrons. The second-order valence-corrected chi connectivity index (χ2v) is 10.8. The number of aromatic nitrogens is 3. The zero-order valence-electron chi connectivity index (χ0n) is 24.5. The number of benzene rings is 3. The molecule has 2 heterocycles. The molecular weight excluding hydrogens is 556 g/mol. The fourth-order valence-electron chi connectivity index (χ4n) is 5.46. The van der Waals surface area contributed by atoms with E-state index in [9.17, 15) is 19.8 Å². The van der Waals surface area contributed by atoms with Gasteiger partial charge in [0.25, 0.3) is 11.8 Å². The number of hydrogen-bond donors (Lipinski definition) is 4. The van der Waals surface area contributed by atoms with Crippen LogP contribution in [-0.2, 0) is 16.9 Å². The summed E-state index contributed by atoms with van der Waals surface area (Å²) in [7, 11) is 0. The number of allylic oxidation sites excluding steroid dienone is 1. The topological polar surface area (TPSA) is 147 Å². The van der Waals surface area contributed by atoms with Gasteiger partial charge >= 0.3 is 0 Å². The standard InChI is InChI=1S/C34H36N6O4/c1-3-18-40-31-17-16-27(36-32(42)25-12-14-26(35)15-13-25)20-29(31)34(44,33(40)43)23(2)9-7-8-19-39-21-30(37-38-39)28(22-41)24-10-5-4-6-11-24/h3-7,9-17,20-21,23,28,41,44H,1,8,18-19,22,35H2,2H3,(H,36,42)/b9-7+/t23-,28?,34+/m1/s1. The molecule has 1 aliphatic rings. The molecule has 0 saturated carbocycles. The Morgan fingerprint density at radius 1 is 1.14 bits per heavy atom. The molecule has 5 rings (SSSR count). The molecule has 1 aliphatic heterocycles. The van der Waals surface area contributed by atoms with Crippen molar-refractivity contribution in [3.63, 3.8) is 0 Å². The number of aliphatic hydroxyl groups is 2. The van der Waals surface area contributed by atoms with E-state index in [4.69, 9.17) is 5.73 Å².